The molecule has 3 aromatic rings. The fourth-order valence-electron chi connectivity index (χ4n) is 3.39. The van der Waals surface area contributed by atoms with Crippen molar-refractivity contribution in [1.29, 1.82) is 0 Å². The molecule has 0 aliphatic carbocycles. The van der Waals surface area contributed by atoms with Gasteiger partial charge in [-0.15, -0.1) is 0 Å². The number of piperazine rings is 1. The van der Waals surface area contributed by atoms with E-state index in [1.54, 1.807) is 12.7 Å². The largest absolute Gasteiger partial charge is 0.299 e. The lowest BCUT2D eigenvalue weighted by atomic mass is 10.1. The van der Waals surface area contributed by atoms with Gasteiger partial charge in [0.2, 0.25) is 0 Å². The van der Waals surface area contributed by atoms with Crippen molar-refractivity contribution in [3.63, 3.8) is 0 Å². The molecule has 0 N–H and O–H groups in total. The molecule has 1 aliphatic heterocycles. The van der Waals surface area contributed by atoms with E-state index in [0.29, 0.717) is 0 Å². The van der Waals surface area contributed by atoms with Gasteiger partial charge in [0.05, 0.1) is 6.54 Å². The van der Waals surface area contributed by atoms with Crippen LogP contribution in [0.4, 0.5) is 0 Å². The minimum Gasteiger partial charge on any atom is -0.299 e. The van der Waals surface area contributed by atoms with E-state index >= 15 is 0 Å². The third-order valence-corrected chi connectivity index (χ3v) is 4.96. The van der Waals surface area contributed by atoms with Crippen LogP contribution in [0, 0.1) is 6.92 Å². The van der Waals surface area contributed by atoms with Crippen molar-refractivity contribution in [2.45, 2.75) is 20.0 Å². The first-order valence-electron chi connectivity index (χ1n) is 9.41. The molecule has 4 rings (SSSR count). The SMILES string of the molecule is Cc1cccc(-c2ncc(CN3CCN(CCn4cncn4)CC3)cn2)c1. The molecule has 0 radical (unpaired) electrons. The average Bonchev–Trinajstić information content (AvgIpc) is 3.22. The van der Waals surface area contributed by atoms with Gasteiger partial charge in [-0.1, -0.05) is 23.8 Å². The number of hydrogen-bond acceptors (Lipinski definition) is 6. The van der Waals surface area contributed by atoms with E-state index in [-0.39, 0.29) is 0 Å². The minimum absolute atomic E-state index is 0.792. The maximum Gasteiger partial charge on any atom is 0.159 e. The lowest BCUT2D eigenvalue weighted by Crippen LogP contribution is -2.46. The maximum absolute atomic E-state index is 4.56. The van der Waals surface area contributed by atoms with Crippen LogP contribution >= 0.6 is 0 Å². The summed E-state index contributed by atoms with van der Waals surface area (Å²) in [6.45, 7) is 9.20. The molecular weight excluding hydrogens is 338 g/mol. The molecule has 7 heteroatoms. The van der Waals surface area contributed by atoms with Crippen LogP contribution < -0.4 is 0 Å². The lowest BCUT2D eigenvalue weighted by Gasteiger charge is -2.34. The molecular formula is C20H25N7. The number of nitrogens with zero attached hydrogens (tertiary/aromatic N) is 7. The fraction of sp³-hybridized carbons (Fsp3) is 0.400. The van der Waals surface area contributed by atoms with Crippen LogP contribution in [-0.2, 0) is 13.1 Å². The molecule has 0 spiro atoms. The van der Waals surface area contributed by atoms with Gasteiger partial charge >= 0.3 is 0 Å². The third kappa shape index (κ3) is 4.75. The normalized spacial score (nSPS) is 15.9. The Morgan fingerprint density at radius 1 is 0.963 bits per heavy atom. The summed E-state index contributed by atoms with van der Waals surface area (Å²) in [7, 11) is 0. The highest BCUT2D eigenvalue weighted by molar-refractivity contribution is 5.55. The molecule has 3 heterocycles. The molecule has 0 unspecified atom stereocenters. The monoisotopic (exact) mass is 363 g/mol. The van der Waals surface area contributed by atoms with E-state index in [1.807, 2.05) is 23.1 Å². The Labute approximate surface area is 159 Å². The summed E-state index contributed by atoms with van der Waals surface area (Å²) in [5.74, 6) is 0.792. The summed E-state index contributed by atoms with van der Waals surface area (Å²) in [6, 6.07) is 8.31. The summed E-state index contributed by atoms with van der Waals surface area (Å²) in [6.07, 6.45) is 7.28. The van der Waals surface area contributed by atoms with Gasteiger partial charge in [-0.05, 0) is 13.0 Å². The van der Waals surface area contributed by atoms with E-state index in [9.17, 15) is 0 Å². The highest BCUT2D eigenvalue weighted by Gasteiger charge is 2.17. The van der Waals surface area contributed by atoms with E-state index in [1.165, 1.54) is 11.1 Å². The second-order valence-electron chi connectivity index (χ2n) is 7.06. The number of hydrogen-bond donors (Lipinski definition) is 0. The molecule has 27 heavy (non-hydrogen) atoms. The van der Waals surface area contributed by atoms with Gasteiger partial charge in [-0.2, -0.15) is 5.10 Å². The van der Waals surface area contributed by atoms with E-state index in [0.717, 1.165) is 57.2 Å². The Hall–Kier alpha value is -2.64. The van der Waals surface area contributed by atoms with Gasteiger partial charge in [0.15, 0.2) is 5.82 Å². The molecule has 7 nitrogen and oxygen atoms in total. The first-order chi connectivity index (χ1) is 13.3. The number of aryl methyl sites for hydroxylation is 1. The van der Waals surface area contributed by atoms with Crippen molar-refractivity contribution in [3.8, 4) is 11.4 Å². The third-order valence-electron chi connectivity index (χ3n) is 4.96. The van der Waals surface area contributed by atoms with Crippen LogP contribution in [0.15, 0.2) is 49.3 Å². The molecule has 0 bridgehead atoms. The van der Waals surface area contributed by atoms with Gasteiger partial charge in [-0.25, -0.2) is 15.0 Å². The first kappa shape index (κ1) is 17.8. The van der Waals surface area contributed by atoms with Gasteiger partial charge in [0.1, 0.15) is 12.7 Å². The molecule has 140 valence electrons. The van der Waals surface area contributed by atoms with Gasteiger partial charge in [0.25, 0.3) is 0 Å². The van der Waals surface area contributed by atoms with Crippen LogP contribution in [0.3, 0.4) is 0 Å². The summed E-state index contributed by atoms with van der Waals surface area (Å²) in [5.41, 5.74) is 3.46. The molecule has 0 atom stereocenters. The summed E-state index contributed by atoms with van der Waals surface area (Å²) >= 11 is 0. The highest BCUT2D eigenvalue weighted by Crippen LogP contribution is 2.16. The average molecular weight is 363 g/mol. The van der Waals surface area contributed by atoms with E-state index < -0.39 is 0 Å². The summed E-state index contributed by atoms with van der Waals surface area (Å²) in [4.78, 5) is 18.1. The zero-order chi connectivity index (χ0) is 18.5. The fourth-order valence-corrected chi connectivity index (χ4v) is 3.39. The standard InChI is InChI=1S/C20H25N7/c1-17-3-2-4-19(11-17)20-22-12-18(13-23-20)14-26-7-5-25(6-8-26)9-10-27-16-21-15-24-27/h2-4,11-13,15-16H,5-10,14H2,1H3. The number of rotatable bonds is 6. The molecule has 1 fully saturated rings. The van der Waals surface area contributed by atoms with Gasteiger partial charge < -0.3 is 0 Å². The predicted octanol–water partition coefficient (Wildman–Crippen LogP) is 1.86. The molecule has 0 amide bonds. The van der Waals surface area contributed by atoms with Crippen LogP contribution in [0.25, 0.3) is 11.4 Å². The van der Waals surface area contributed by atoms with E-state index in [4.69, 9.17) is 0 Å². The minimum atomic E-state index is 0.792. The van der Waals surface area contributed by atoms with Crippen LogP contribution in [0.2, 0.25) is 0 Å². The topological polar surface area (TPSA) is 63.0 Å². The van der Waals surface area contributed by atoms with Crippen molar-refractivity contribution >= 4 is 0 Å². The summed E-state index contributed by atoms with van der Waals surface area (Å²) < 4.78 is 1.89. The van der Waals surface area contributed by atoms with Gasteiger partial charge in [0, 0.05) is 62.8 Å². The number of benzene rings is 1. The Morgan fingerprint density at radius 3 is 2.44 bits per heavy atom. The second-order valence-corrected chi connectivity index (χ2v) is 7.06. The Bertz CT molecular complexity index is 837. The zero-order valence-corrected chi connectivity index (χ0v) is 15.7. The molecule has 1 aromatic carbocycles. The van der Waals surface area contributed by atoms with Crippen molar-refractivity contribution in [2.24, 2.45) is 0 Å². The van der Waals surface area contributed by atoms with Crippen molar-refractivity contribution in [3.05, 3.63) is 60.4 Å². The molecule has 1 saturated heterocycles. The molecule has 2 aromatic heterocycles. The smallest absolute Gasteiger partial charge is 0.159 e. The molecule has 0 saturated carbocycles. The Morgan fingerprint density at radius 2 is 1.74 bits per heavy atom. The van der Waals surface area contributed by atoms with Crippen molar-refractivity contribution in [1.82, 2.24) is 34.5 Å². The zero-order valence-electron chi connectivity index (χ0n) is 15.7. The maximum atomic E-state index is 4.56. The first-order valence-corrected chi connectivity index (χ1v) is 9.41. The molecule has 1 aliphatic rings. The lowest BCUT2D eigenvalue weighted by molar-refractivity contribution is 0.123. The van der Waals surface area contributed by atoms with E-state index in [2.05, 4.69) is 55.0 Å². The number of aromatic nitrogens is 5. The van der Waals surface area contributed by atoms with Crippen molar-refractivity contribution in [2.75, 3.05) is 32.7 Å². The van der Waals surface area contributed by atoms with Crippen LogP contribution in [-0.4, -0.2) is 67.3 Å². The van der Waals surface area contributed by atoms with Crippen LogP contribution in [0.1, 0.15) is 11.1 Å². The quantitative estimate of drug-likeness (QED) is 0.666. The Kier molecular flexibility index (Phi) is 5.50. The predicted molar refractivity (Wildman–Crippen MR) is 104 cm³/mol. The van der Waals surface area contributed by atoms with Crippen molar-refractivity contribution < 1.29 is 0 Å². The summed E-state index contributed by atoms with van der Waals surface area (Å²) in [5, 5.41) is 4.16. The highest BCUT2D eigenvalue weighted by atomic mass is 15.3. The van der Waals surface area contributed by atoms with Crippen LogP contribution in [0.5, 0.6) is 0 Å². The second kappa shape index (κ2) is 8.37. The van der Waals surface area contributed by atoms with Gasteiger partial charge in [-0.3, -0.25) is 14.5 Å². The Balaban J connectivity index is 1.26.